The molecule has 0 saturated heterocycles. The molecule has 0 bridgehead atoms. The van der Waals surface area contributed by atoms with Crippen molar-refractivity contribution in [1.29, 1.82) is 0 Å². The summed E-state index contributed by atoms with van der Waals surface area (Å²) >= 11 is 3.13. The van der Waals surface area contributed by atoms with Crippen molar-refractivity contribution in [3.8, 4) is 0 Å². The highest BCUT2D eigenvalue weighted by Gasteiger charge is 2.21. The normalized spacial score (nSPS) is 13.5. The first-order valence-corrected chi connectivity index (χ1v) is 8.68. The molecule has 1 aromatic heterocycles. The second kappa shape index (κ2) is 8.86. The highest BCUT2D eigenvalue weighted by Crippen LogP contribution is 2.21. The van der Waals surface area contributed by atoms with Gasteiger partial charge in [-0.15, -0.1) is 11.3 Å². The molecule has 0 aliphatic heterocycles. The van der Waals surface area contributed by atoms with Crippen molar-refractivity contribution in [3.63, 3.8) is 0 Å². The molecule has 20 heavy (non-hydrogen) atoms. The molecule has 0 spiro atoms. The van der Waals surface area contributed by atoms with E-state index in [1.54, 1.807) is 23.1 Å². The maximum absolute atomic E-state index is 11.9. The average Bonchev–Trinajstić information content (AvgIpc) is 2.94. The summed E-state index contributed by atoms with van der Waals surface area (Å²) in [4.78, 5) is 24.0. The minimum absolute atomic E-state index is 0.0787. The lowest BCUT2D eigenvalue weighted by molar-refractivity contribution is -0.139. The molecule has 0 fully saturated rings. The first kappa shape index (κ1) is 16.8. The second-order valence-electron chi connectivity index (χ2n) is 4.27. The van der Waals surface area contributed by atoms with Crippen LogP contribution in [-0.2, 0) is 4.79 Å². The topological polar surface area (TPSA) is 78.4 Å². The number of urea groups is 1. The predicted octanol–water partition coefficient (Wildman–Crippen LogP) is 2.70. The van der Waals surface area contributed by atoms with Gasteiger partial charge in [-0.2, -0.15) is 11.8 Å². The van der Waals surface area contributed by atoms with Crippen LogP contribution in [0.5, 0.6) is 0 Å². The summed E-state index contributed by atoms with van der Waals surface area (Å²) in [6.07, 6.45) is 3.08. The Balaban J connectivity index is 2.53. The van der Waals surface area contributed by atoms with Gasteiger partial charge in [0.1, 0.15) is 6.04 Å². The van der Waals surface area contributed by atoms with Crippen LogP contribution in [0.15, 0.2) is 17.5 Å². The van der Waals surface area contributed by atoms with Crippen molar-refractivity contribution in [2.24, 2.45) is 0 Å². The predicted molar refractivity (Wildman–Crippen MR) is 83.4 cm³/mol. The molecule has 2 unspecified atom stereocenters. The van der Waals surface area contributed by atoms with Crippen molar-refractivity contribution < 1.29 is 14.7 Å². The van der Waals surface area contributed by atoms with Crippen molar-refractivity contribution in [2.45, 2.75) is 31.8 Å². The van der Waals surface area contributed by atoms with Gasteiger partial charge in [0.25, 0.3) is 0 Å². The summed E-state index contributed by atoms with van der Waals surface area (Å²) in [6.45, 7) is 1.98. The first-order valence-electron chi connectivity index (χ1n) is 6.40. The van der Waals surface area contributed by atoms with Gasteiger partial charge in [-0.05, 0) is 36.3 Å². The number of nitrogens with one attached hydrogen (secondary N) is 2. The summed E-state index contributed by atoms with van der Waals surface area (Å²) in [6, 6.07) is 2.54. The molecule has 7 heteroatoms. The highest BCUT2D eigenvalue weighted by atomic mass is 32.2. The fourth-order valence-corrected chi connectivity index (χ4v) is 3.05. The Bertz CT molecular complexity index is 423. The van der Waals surface area contributed by atoms with Gasteiger partial charge in [0.2, 0.25) is 0 Å². The molecular formula is C13H20N2O3S2. The van der Waals surface area contributed by atoms with Gasteiger partial charge < -0.3 is 15.7 Å². The highest BCUT2D eigenvalue weighted by molar-refractivity contribution is 7.98. The van der Waals surface area contributed by atoms with Crippen LogP contribution in [0, 0.1) is 0 Å². The molecule has 0 aliphatic carbocycles. The lowest BCUT2D eigenvalue weighted by Crippen LogP contribution is -2.47. The van der Waals surface area contributed by atoms with E-state index in [0.29, 0.717) is 12.2 Å². The van der Waals surface area contributed by atoms with Crippen LogP contribution in [0.25, 0.3) is 0 Å². The second-order valence-corrected chi connectivity index (χ2v) is 6.23. The van der Waals surface area contributed by atoms with Gasteiger partial charge >= 0.3 is 12.0 Å². The smallest absolute Gasteiger partial charge is 0.326 e. The lowest BCUT2D eigenvalue weighted by Gasteiger charge is -2.19. The molecule has 2 amide bonds. The first-order chi connectivity index (χ1) is 9.58. The Morgan fingerprint density at radius 2 is 2.20 bits per heavy atom. The van der Waals surface area contributed by atoms with E-state index in [2.05, 4.69) is 10.6 Å². The lowest BCUT2D eigenvalue weighted by atomic mass is 10.2. The molecule has 3 N–H and O–H groups in total. The molecule has 0 radical (unpaired) electrons. The Morgan fingerprint density at radius 3 is 2.70 bits per heavy atom. The maximum atomic E-state index is 11.9. The molecule has 0 aromatic carbocycles. The van der Waals surface area contributed by atoms with E-state index >= 15 is 0 Å². The van der Waals surface area contributed by atoms with E-state index in [9.17, 15) is 9.59 Å². The minimum Gasteiger partial charge on any atom is -0.480 e. The van der Waals surface area contributed by atoms with Crippen LogP contribution in [0.1, 0.15) is 30.7 Å². The zero-order chi connectivity index (χ0) is 15.0. The average molecular weight is 316 g/mol. The van der Waals surface area contributed by atoms with Gasteiger partial charge in [-0.3, -0.25) is 0 Å². The van der Waals surface area contributed by atoms with E-state index in [1.807, 2.05) is 30.7 Å². The van der Waals surface area contributed by atoms with E-state index in [0.717, 1.165) is 11.3 Å². The summed E-state index contributed by atoms with van der Waals surface area (Å²) < 4.78 is 0. The number of amides is 2. The van der Waals surface area contributed by atoms with Crippen molar-refractivity contribution in [3.05, 3.63) is 22.4 Å². The largest absolute Gasteiger partial charge is 0.480 e. The molecule has 2 atom stereocenters. The Hall–Kier alpha value is -1.21. The number of carboxylic acids is 1. The van der Waals surface area contributed by atoms with Crippen LogP contribution in [0.4, 0.5) is 4.79 Å². The van der Waals surface area contributed by atoms with Gasteiger partial charge in [0.15, 0.2) is 0 Å². The van der Waals surface area contributed by atoms with Crippen molar-refractivity contribution >= 4 is 35.1 Å². The third kappa shape index (κ3) is 5.42. The molecule has 112 valence electrons. The molecule has 1 rings (SSSR count). The monoisotopic (exact) mass is 316 g/mol. The van der Waals surface area contributed by atoms with Crippen LogP contribution < -0.4 is 10.6 Å². The quantitative estimate of drug-likeness (QED) is 0.689. The number of carbonyl (C=O) groups excluding carboxylic acids is 1. The SMILES string of the molecule is CCC(NC(=O)NC(CCSC)C(=O)O)c1cccs1. The van der Waals surface area contributed by atoms with Crippen LogP contribution in [0.2, 0.25) is 0 Å². The zero-order valence-corrected chi connectivity index (χ0v) is 13.2. The summed E-state index contributed by atoms with van der Waals surface area (Å²) in [5.74, 6) is -0.308. The fourth-order valence-electron chi connectivity index (χ4n) is 1.72. The number of hydrogen-bond donors (Lipinski definition) is 3. The maximum Gasteiger partial charge on any atom is 0.326 e. The van der Waals surface area contributed by atoms with Gasteiger partial charge in [-0.1, -0.05) is 13.0 Å². The standard InChI is InChI=1S/C13H20N2O3S2/c1-3-9(11-5-4-7-20-11)14-13(18)15-10(12(16)17)6-8-19-2/h4-5,7,9-10H,3,6,8H2,1-2H3,(H,16,17)(H2,14,15,18). The number of thioether (sulfide) groups is 1. The summed E-state index contributed by atoms with van der Waals surface area (Å²) in [7, 11) is 0. The molecule has 1 aromatic rings. The van der Waals surface area contributed by atoms with E-state index in [1.165, 1.54) is 0 Å². The number of carbonyl (C=O) groups is 2. The molecule has 1 heterocycles. The number of carboxylic acid groups (broad SMARTS) is 1. The van der Waals surface area contributed by atoms with Gasteiger partial charge in [0.05, 0.1) is 6.04 Å². The van der Waals surface area contributed by atoms with E-state index in [-0.39, 0.29) is 6.04 Å². The van der Waals surface area contributed by atoms with Crippen LogP contribution in [-0.4, -0.2) is 35.2 Å². The number of aliphatic carboxylic acids is 1. The molecule has 0 saturated carbocycles. The Morgan fingerprint density at radius 1 is 1.45 bits per heavy atom. The number of rotatable bonds is 8. The molecular weight excluding hydrogens is 296 g/mol. The minimum atomic E-state index is -1.00. The number of thiophene rings is 1. The van der Waals surface area contributed by atoms with Crippen LogP contribution >= 0.6 is 23.1 Å². The third-order valence-electron chi connectivity index (χ3n) is 2.81. The van der Waals surface area contributed by atoms with Crippen molar-refractivity contribution in [1.82, 2.24) is 10.6 Å². The number of hydrogen-bond acceptors (Lipinski definition) is 4. The molecule has 0 aliphatic rings. The Kier molecular flexibility index (Phi) is 7.46. The van der Waals surface area contributed by atoms with Crippen LogP contribution in [0.3, 0.4) is 0 Å². The molecule has 5 nitrogen and oxygen atoms in total. The Labute approximate surface area is 127 Å². The van der Waals surface area contributed by atoms with E-state index < -0.39 is 18.0 Å². The zero-order valence-electron chi connectivity index (χ0n) is 11.6. The summed E-state index contributed by atoms with van der Waals surface area (Å²) in [5.41, 5.74) is 0. The third-order valence-corrected chi connectivity index (χ3v) is 4.44. The van der Waals surface area contributed by atoms with E-state index in [4.69, 9.17) is 5.11 Å². The van der Waals surface area contributed by atoms with Gasteiger partial charge in [0, 0.05) is 4.88 Å². The summed E-state index contributed by atoms with van der Waals surface area (Å²) in [5, 5.41) is 16.4. The van der Waals surface area contributed by atoms with Crippen molar-refractivity contribution in [2.75, 3.05) is 12.0 Å². The fraction of sp³-hybridized carbons (Fsp3) is 0.538. The van der Waals surface area contributed by atoms with Gasteiger partial charge in [-0.25, -0.2) is 9.59 Å².